The molecule has 1 aliphatic rings. The molecule has 0 radical (unpaired) electrons. The highest BCUT2D eigenvalue weighted by atomic mass is 16.6. The first-order chi connectivity index (χ1) is 3.84. The normalized spacial score (nSPS) is 31.0. The van der Waals surface area contributed by atoms with E-state index >= 15 is 0 Å². The number of hydrogen-bond acceptors (Lipinski definition) is 2. The standard InChI is InChI=1S/C6H10O2/c1-2-3-5(7)6-4-8-6/h2-3,5-7H,4H2,1H3/b3-2+/t5?,6-/m1/s1. The largest absolute Gasteiger partial charge is 0.386 e. The average Bonchev–Trinajstić information content (AvgIpc) is 2.45. The zero-order valence-electron chi connectivity index (χ0n) is 4.87. The maximum Gasteiger partial charge on any atom is 0.110 e. The molecule has 2 heteroatoms. The van der Waals surface area contributed by atoms with Crippen molar-refractivity contribution in [3.05, 3.63) is 12.2 Å². The fourth-order valence-electron chi connectivity index (χ4n) is 0.574. The van der Waals surface area contributed by atoms with Crippen LogP contribution in [0.25, 0.3) is 0 Å². The summed E-state index contributed by atoms with van der Waals surface area (Å²) in [5.74, 6) is 0. The summed E-state index contributed by atoms with van der Waals surface area (Å²) in [5.41, 5.74) is 0. The van der Waals surface area contributed by atoms with E-state index < -0.39 is 0 Å². The number of ether oxygens (including phenoxy) is 1. The van der Waals surface area contributed by atoms with Crippen LogP contribution in [0.2, 0.25) is 0 Å². The van der Waals surface area contributed by atoms with E-state index in [1.807, 2.05) is 13.0 Å². The van der Waals surface area contributed by atoms with Crippen LogP contribution < -0.4 is 0 Å². The summed E-state index contributed by atoms with van der Waals surface area (Å²) in [7, 11) is 0. The lowest BCUT2D eigenvalue weighted by molar-refractivity contribution is 0.178. The summed E-state index contributed by atoms with van der Waals surface area (Å²) >= 11 is 0. The smallest absolute Gasteiger partial charge is 0.110 e. The molecule has 0 bridgehead atoms. The summed E-state index contributed by atoms with van der Waals surface area (Å²) in [4.78, 5) is 0. The third-order valence-corrected chi connectivity index (χ3v) is 1.13. The predicted octanol–water partition coefficient (Wildman–Crippen LogP) is 0.322. The van der Waals surface area contributed by atoms with Gasteiger partial charge in [0, 0.05) is 0 Å². The highest BCUT2D eigenvalue weighted by Crippen LogP contribution is 2.14. The van der Waals surface area contributed by atoms with Crippen LogP contribution in [0.1, 0.15) is 6.92 Å². The summed E-state index contributed by atoms with van der Waals surface area (Å²) in [6.07, 6.45) is 3.27. The fraction of sp³-hybridized carbons (Fsp3) is 0.667. The Balaban J connectivity index is 2.22. The minimum Gasteiger partial charge on any atom is -0.386 e. The summed E-state index contributed by atoms with van der Waals surface area (Å²) < 4.78 is 4.82. The molecule has 0 aromatic carbocycles. The van der Waals surface area contributed by atoms with Gasteiger partial charge in [0.1, 0.15) is 12.2 Å². The maximum absolute atomic E-state index is 8.98. The van der Waals surface area contributed by atoms with Gasteiger partial charge in [0.2, 0.25) is 0 Å². The van der Waals surface area contributed by atoms with Gasteiger partial charge in [-0.25, -0.2) is 0 Å². The number of aliphatic hydroxyl groups is 1. The lowest BCUT2D eigenvalue weighted by Crippen LogP contribution is -2.09. The minimum absolute atomic E-state index is 0.0891. The van der Waals surface area contributed by atoms with E-state index in [1.54, 1.807) is 6.08 Å². The zero-order valence-corrected chi connectivity index (χ0v) is 4.87. The number of epoxide rings is 1. The van der Waals surface area contributed by atoms with Crippen molar-refractivity contribution in [2.24, 2.45) is 0 Å². The summed E-state index contributed by atoms with van der Waals surface area (Å²) in [6.45, 7) is 2.59. The topological polar surface area (TPSA) is 32.8 Å². The Morgan fingerprint density at radius 3 is 2.88 bits per heavy atom. The molecule has 0 amide bonds. The molecule has 1 saturated heterocycles. The Hall–Kier alpha value is -0.340. The molecule has 0 aliphatic carbocycles. The number of rotatable bonds is 2. The van der Waals surface area contributed by atoms with E-state index in [1.165, 1.54) is 0 Å². The lowest BCUT2D eigenvalue weighted by atomic mass is 10.2. The monoisotopic (exact) mass is 114 g/mol. The van der Waals surface area contributed by atoms with Crippen molar-refractivity contribution in [3.8, 4) is 0 Å². The highest BCUT2D eigenvalue weighted by Gasteiger charge is 2.28. The summed E-state index contributed by atoms with van der Waals surface area (Å²) in [5, 5.41) is 8.98. The lowest BCUT2D eigenvalue weighted by Gasteiger charge is -1.95. The Kier molecular flexibility index (Phi) is 1.65. The van der Waals surface area contributed by atoms with Crippen LogP contribution in [0, 0.1) is 0 Å². The van der Waals surface area contributed by atoms with Crippen LogP contribution in [-0.4, -0.2) is 23.9 Å². The summed E-state index contributed by atoms with van der Waals surface area (Å²) in [6, 6.07) is 0. The van der Waals surface area contributed by atoms with Crippen molar-refractivity contribution >= 4 is 0 Å². The molecule has 1 aliphatic heterocycles. The second-order valence-corrected chi connectivity index (χ2v) is 1.89. The molecule has 0 spiro atoms. The number of hydrogen-bond donors (Lipinski definition) is 1. The van der Waals surface area contributed by atoms with E-state index in [4.69, 9.17) is 9.84 Å². The Bertz CT molecular complexity index is 94.7. The van der Waals surface area contributed by atoms with Gasteiger partial charge in [0.15, 0.2) is 0 Å². The van der Waals surface area contributed by atoms with Crippen molar-refractivity contribution in [2.45, 2.75) is 19.1 Å². The first-order valence-corrected chi connectivity index (χ1v) is 2.77. The third kappa shape index (κ3) is 1.32. The third-order valence-electron chi connectivity index (χ3n) is 1.13. The van der Waals surface area contributed by atoms with Gasteiger partial charge >= 0.3 is 0 Å². The van der Waals surface area contributed by atoms with Crippen LogP contribution in [0.4, 0.5) is 0 Å². The van der Waals surface area contributed by atoms with Gasteiger partial charge in [-0.15, -0.1) is 0 Å². The van der Waals surface area contributed by atoms with Crippen molar-refractivity contribution in [3.63, 3.8) is 0 Å². The Labute approximate surface area is 48.8 Å². The molecule has 0 aromatic rings. The van der Waals surface area contributed by atoms with E-state index in [-0.39, 0.29) is 12.2 Å². The molecule has 1 N–H and O–H groups in total. The van der Waals surface area contributed by atoms with Crippen LogP contribution in [0.5, 0.6) is 0 Å². The van der Waals surface area contributed by atoms with Gasteiger partial charge in [0.25, 0.3) is 0 Å². The van der Waals surface area contributed by atoms with E-state index in [9.17, 15) is 0 Å². The second-order valence-electron chi connectivity index (χ2n) is 1.89. The molecule has 1 unspecified atom stereocenters. The van der Waals surface area contributed by atoms with Gasteiger partial charge < -0.3 is 9.84 Å². The molecule has 46 valence electrons. The number of allylic oxidation sites excluding steroid dienone is 1. The zero-order chi connectivity index (χ0) is 5.98. The van der Waals surface area contributed by atoms with Gasteiger partial charge in [-0.2, -0.15) is 0 Å². The Morgan fingerprint density at radius 1 is 1.88 bits per heavy atom. The van der Waals surface area contributed by atoms with Crippen molar-refractivity contribution in [1.82, 2.24) is 0 Å². The van der Waals surface area contributed by atoms with Gasteiger partial charge in [-0.3, -0.25) is 0 Å². The predicted molar refractivity (Wildman–Crippen MR) is 30.6 cm³/mol. The SMILES string of the molecule is C/C=C/C(O)[C@H]1CO1. The van der Waals surface area contributed by atoms with Crippen molar-refractivity contribution in [2.75, 3.05) is 6.61 Å². The average molecular weight is 114 g/mol. The molecule has 1 heterocycles. The van der Waals surface area contributed by atoms with Crippen molar-refractivity contribution < 1.29 is 9.84 Å². The molecule has 2 atom stereocenters. The highest BCUT2D eigenvalue weighted by molar-refractivity contribution is 4.94. The minimum atomic E-state index is -0.375. The Morgan fingerprint density at radius 2 is 2.50 bits per heavy atom. The van der Waals surface area contributed by atoms with E-state index in [0.717, 1.165) is 0 Å². The van der Waals surface area contributed by atoms with Gasteiger partial charge in [0.05, 0.1) is 6.61 Å². The first-order valence-electron chi connectivity index (χ1n) is 2.77. The quantitative estimate of drug-likeness (QED) is 0.414. The van der Waals surface area contributed by atoms with Crippen LogP contribution in [-0.2, 0) is 4.74 Å². The van der Waals surface area contributed by atoms with E-state index in [0.29, 0.717) is 6.61 Å². The number of aliphatic hydroxyl groups excluding tert-OH is 1. The van der Waals surface area contributed by atoms with Crippen LogP contribution in [0.15, 0.2) is 12.2 Å². The molecule has 0 aromatic heterocycles. The molecule has 0 saturated carbocycles. The molecular weight excluding hydrogens is 104 g/mol. The fourth-order valence-corrected chi connectivity index (χ4v) is 0.574. The van der Waals surface area contributed by atoms with Gasteiger partial charge in [-0.05, 0) is 6.92 Å². The molecule has 8 heavy (non-hydrogen) atoms. The second kappa shape index (κ2) is 2.29. The molecular formula is C6H10O2. The van der Waals surface area contributed by atoms with E-state index in [2.05, 4.69) is 0 Å². The maximum atomic E-state index is 8.98. The van der Waals surface area contributed by atoms with Gasteiger partial charge in [-0.1, -0.05) is 12.2 Å². The first kappa shape index (κ1) is 5.79. The molecule has 1 fully saturated rings. The van der Waals surface area contributed by atoms with Crippen LogP contribution in [0.3, 0.4) is 0 Å². The molecule has 1 rings (SSSR count). The van der Waals surface area contributed by atoms with Crippen LogP contribution >= 0.6 is 0 Å². The molecule has 2 nitrogen and oxygen atoms in total. The van der Waals surface area contributed by atoms with Crippen molar-refractivity contribution in [1.29, 1.82) is 0 Å².